The number of rotatable bonds is 7. The van der Waals surface area contributed by atoms with Crippen molar-refractivity contribution >= 4 is 16.0 Å². The van der Waals surface area contributed by atoms with E-state index in [9.17, 15) is 28.5 Å². The van der Waals surface area contributed by atoms with Crippen molar-refractivity contribution in [2.24, 2.45) is 46.3 Å². The van der Waals surface area contributed by atoms with Gasteiger partial charge in [0.15, 0.2) is 0 Å². The molecule has 1 amide bonds. The average Bonchev–Trinajstić information content (AvgIpc) is 3.12. The van der Waals surface area contributed by atoms with Gasteiger partial charge in [-0.2, -0.15) is 8.42 Å². The Morgan fingerprint density at radius 1 is 1.06 bits per heavy atom. The van der Waals surface area contributed by atoms with E-state index in [-0.39, 0.29) is 65.4 Å². The van der Waals surface area contributed by atoms with Crippen LogP contribution in [0.25, 0.3) is 0 Å². The number of carbonyl (C=O) groups excluding carboxylic acids is 1. The van der Waals surface area contributed by atoms with Crippen LogP contribution in [0, 0.1) is 46.3 Å². The van der Waals surface area contributed by atoms with Crippen LogP contribution in [0.1, 0.15) is 78.6 Å². The molecule has 0 radical (unpaired) electrons. The first kappa shape index (κ1) is 27.3. The number of aliphatic hydroxyl groups excluding tert-OH is 3. The lowest BCUT2D eigenvalue weighted by molar-refractivity contribution is -0.207. The van der Waals surface area contributed by atoms with E-state index in [1.165, 1.54) is 0 Å². The maximum absolute atomic E-state index is 12.2. The minimum atomic E-state index is -4.10. The molecule has 4 fully saturated rings. The van der Waals surface area contributed by atoms with Crippen molar-refractivity contribution in [3.8, 4) is 0 Å². The maximum atomic E-state index is 12.2. The summed E-state index contributed by atoms with van der Waals surface area (Å²) >= 11 is 0. The second kappa shape index (κ2) is 9.86. The Morgan fingerprint density at radius 3 is 2.46 bits per heavy atom. The second-order valence-corrected chi connectivity index (χ2v) is 14.2. The molecule has 5 N–H and O–H groups in total. The number of carbonyl (C=O) groups is 1. The lowest BCUT2D eigenvalue weighted by Gasteiger charge is -2.63. The van der Waals surface area contributed by atoms with Gasteiger partial charge in [-0.1, -0.05) is 20.8 Å². The van der Waals surface area contributed by atoms with Crippen molar-refractivity contribution in [2.75, 3.05) is 12.3 Å². The fraction of sp³-hybridized carbons (Fsp3) is 0.962. The minimum Gasteiger partial charge on any atom is -0.393 e. The zero-order valence-corrected chi connectivity index (χ0v) is 22.2. The number of nitrogens with one attached hydrogen (secondary N) is 1. The Hall–Kier alpha value is -0.740. The van der Waals surface area contributed by atoms with Crippen LogP contribution in [0.2, 0.25) is 0 Å². The lowest BCUT2D eigenvalue weighted by Crippen LogP contribution is -2.62. The number of hydrogen-bond acceptors (Lipinski definition) is 6. The van der Waals surface area contributed by atoms with E-state index in [1.54, 1.807) is 0 Å². The Kier molecular flexibility index (Phi) is 7.69. The van der Waals surface area contributed by atoms with Crippen LogP contribution in [0.15, 0.2) is 0 Å². The second-order valence-electron chi connectivity index (χ2n) is 12.7. The summed E-state index contributed by atoms with van der Waals surface area (Å²) in [6.45, 7) is 6.56. The molecule has 0 bridgehead atoms. The van der Waals surface area contributed by atoms with Gasteiger partial charge in [0.25, 0.3) is 10.1 Å². The molecule has 9 heteroatoms. The van der Waals surface area contributed by atoms with Crippen molar-refractivity contribution in [1.82, 2.24) is 5.32 Å². The molecule has 4 aliphatic rings. The molecule has 11 atom stereocenters. The smallest absolute Gasteiger partial charge is 0.266 e. The van der Waals surface area contributed by atoms with Crippen LogP contribution in [-0.2, 0) is 14.9 Å². The van der Waals surface area contributed by atoms with Gasteiger partial charge in [-0.05, 0) is 97.7 Å². The van der Waals surface area contributed by atoms with Gasteiger partial charge in [-0.15, -0.1) is 0 Å². The zero-order valence-electron chi connectivity index (χ0n) is 21.4. The summed E-state index contributed by atoms with van der Waals surface area (Å²) in [6.07, 6.45) is 5.67. The number of fused-ring (bicyclic) bond motifs is 5. The van der Waals surface area contributed by atoms with Gasteiger partial charge >= 0.3 is 0 Å². The van der Waals surface area contributed by atoms with Gasteiger partial charge in [0, 0.05) is 13.0 Å². The van der Waals surface area contributed by atoms with Gasteiger partial charge < -0.3 is 20.6 Å². The summed E-state index contributed by atoms with van der Waals surface area (Å²) < 4.78 is 30.5. The van der Waals surface area contributed by atoms with Crippen LogP contribution in [0.4, 0.5) is 0 Å². The molecule has 0 aromatic rings. The first-order valence-electron chi connectivity index (χ1n) is 13.5. The molecule has 0 aromatic heterocycles. The van der Waals surface area contributed by atoms with Crippen molar-refractivity contribution in [3.63, 3.8) is 0 Å². The Labute approximate surface area is 210 Å². The molecule has 0 spiro atoms. The highest BCUT2D eigenvalue weighted by atomic mass is 32.2. The van der Waals surface area contributed by atoms with E-state index in [2.05, 4.69) is 26.1 Å². The van der Waals surface area contributed by atoms with Crippen molar-refractivity contribution in [3.05, 3.63) is 0 Å². The van der Waals surface area contributed by atoms with Gasteiger partial charge in [0.05, 0.1) is 24.1 Å². The lowest BCUT2D eigenvalue weighted by atomic mass is 9.43. The van der Waals surface area contributed by atoms with Crippen LogP contribution in [-0.4, -0.2) is 64.8 Å². The average molecular weight is 516 g/mol. The van der Waals surface area contributed by atoms with E-state index in [1.807, 2.05) is 0 Å². The summed E-state index contributed by atoms with van der Waals surface area (Å²) in [5.74, 6) is 0.705. The van der Waals surface area contributed by atoms with Crippen molar-refractivity contribution in [2.45, 2.75) is 96.9 Å². The van der Waals surface area contributed by atoms with Gasteiger partial charge in [0.1, 0.15) is 0 Å². The highest BCUT2D eigenvalue weighted by molar-refractivity contribution is 7.85. The normalized spacial score (nSPS) is 46.3. The quantitative estimate of drug-likeness (QED) is 0.327. The number of aliphatic hydroxyl groups is 3. The van der Waals surface area contributed by atoms with Crippen LogP contribution < -0.4 is 5.32 Å². The first-order valence-corrected chi connectivity index (χ1v) is 15.1. The fourth-order valence-electron chi connectivity index (χ4n) is 9.10. The fourth-order valence-corrected chi connectivity index (χ4v) is 9.46. The molecule has 8 nitrogen and oxygen atoms in total. The molecule has 202 valence electrons. The van der Waals surface area contributed by atoms with Crippen molar-refractivity contribution in [1.29, 1.82) is 0 Å². The molecular formula is C26H45NO7S. The molecule has 4 aliphatic carbocycles. The molecule has 0 aromatic carbocycles. The molecule has 7 unspecified atom stereocenters. The third-order valence-electron chi connectivity index (χ3n) is 11.0. The van der Waals surface area contributed by atoms with E-state index in [0.29, 0.717) is 18.8 Å². The molecule has 4 rings (SSSR count). The van der Waals surface area contributed by atoms with Gasteiger partial charge in [-0.25, -0.2) is 0 Å². The summed E-state index contributed by atoms with van der Waals surface area (Å²) in [6, 6.07) is 0. The molecule has 0 saturated heterocycles. The first-order chi connectivity index (χ1) is 16.3. The van der Waals surface area contributed by atoms with E-state index in [0.717, 1.165) is 38.5 Å². The molecule has 35 heavy (non-hydrogen) atoms. The molecule has 0 heterocycles. The summed E-state index contributed by atoms with van der Waals surface area (Å²) in [4.78, 5) is 12.2. The van der Waals surface area contributed by atoms with E-state index >= 15 is 0 Å². The summed E-state index contributed by atoms with van der Waals surface area (Å²) in [5, 5.41) is 35.8. The Morgan fingerprint density at radius 2 is 1.77 bits per heavy atom. The Balaban J connectivity index is 1.43. The van der Waals surface area contributed by atoms with Crippen LogP contribution in [0.3, 0.4) is 0 Å². The minimum absolute atomic E-state index is 0.0509. The zero-order chi connectivity index (χ0) is 25.8. The monoisotopic (exact) mass is 515 g/mol. The standard InChI is InChI=1S/C26H45NO7S/c1-15(4-7-23(31)27-10-11-35(32,33)34)18-5-6-19-24-20(14-22(30)26(18,19)3)25(2)9-8-17(28)12-16(25)13-21(24)29/h15-22,24,28-30H,4-14H2,1-3H3,(H,27,31)(H,32,33,34)/t15?,16-,17+,18?,19?,20?,21+,22-,24?,25?,26?/m0/s1. The molecular weight excluding hydrogens is 470 g/mol. The largest absolute Gasteiger partial charge is 0.393 e. The van der Waals surface area contributed by atoms with Crippen LogP contribution >= 0.6 is 0 Å². The summed E-state index contributed by atoms with van der Waals surface area (Å²) in [7, 11) is -4.10. The van der Waals surface area contributed by atoms with Crippen molar-refractivity contribution < 1.29 is 33.1 Å². The number of hydrogen-bond donors (Lipinski definition) is 5. The summed E-state index contributed by atoms with van der Waals surface area (Å²) in [5.41, 5.74) is -0.254. The highest BCUT2D eigenvalue weighted by Gasteiger charge is 2.65. The van der Waals surface area contributed by atoms with E-state index in [4.69, 9.17) is 4.55 Å². The van der Waals surface area contributed by atoms with E-state index < -0.39 is 28.1 Å². The predicted octanol–water partition coefficient (Wildman–Crippen LogP) is 2.37. The predicted molar refractivity (Wildman–Crippen MR) is 132 cm³/mol. The van der Waals surface area contributed by atoms with Gasteiger partial charge in [0.2, 0.25) is 5.91 Å². The SMILES string of the molecule is CC(CCC(=O)NCCS(=O)(=O)O)C1CCC2C3C(C[C@H](O)C12C)C1(C)CC[C@@H](O)C[C@H]1C[C@H]3O. The van der Waals surface area contributed by atoms with Gasteiger partial charge in [-0.3, -0.25) is 9.35 Å². The van der Waals surface area contributed by atoms with Crippen LogP contribution in [0.5, 0.6) is 0 Å². The number of amides is 1. The third kappa shape index (κ3) is 5.05. The highest BCUT2D eigenvalue weighted by Crippen LogP contribution is 2.68. The topological polar surface area (TPSA) is 144 Å². The molecule has 0 aliphatic heterocycles. The third-order valence-corrected chi connectivity index (χ3v) is 11.7. The maximum Gasteiger partial charge on any atom is 0.266 e. The Bertz CT molecular complexity index is 896. The molecule has 4 saturated carbocycles.